The standard InChI is InChI=1S/C14H20BrClN2O/c1-14(2,3)18-13(19)6-7-17-9-10-4-5-11(16)8-12(10)15/h4-5,8,17H,6-7,9H2,1-3H3,(H,18,19). The van der Waals surface area contributed by atoms with Crippen LogP contribution in [0.15, 0.2) is 22.7 Å². The number of carbonyl (C=O) groups is 1. The predicted octanol–water partition coefficient (Wildman–Crippen LogP) is 3.50. The normalized spacial score (nSPS) is 11.4. The summed E-state index contributed by atoms with van der Waals surface area (Å²) in [5, 5.41) is 6.88. The Labute approximate surface area is 128 Å². The van der Waals surface area contributed by atoms with Gasteiger partial charge in [0.25, 0.3) is 0 Å². The Morgan fingerprint density at radius 2 is 2.05 bits per heavy atom. The molecule has 2 N–H and O–H groups in total. The minimum Gasteiger partial charge on any atom is -0.351 e. The molecule has 0 atom stereocenters. The Kier molecular flexibility index (Phi) is 6.30. The van der Waals surface area contributed by atoms with Gasteiger partial charge in [-0.3, -0.25) is 4.79 Å². The maximum Gasteiger partial charge on any atom is 0.221 e. The number of amides is 1. The smallest absolute Gasteiger partial charge is 0.221 e. The maximum atomic E-state index is 11.6. The number of halogens is 2. The Morgan fingerprint density at radius 1 is 1.37 bits per heavy atom. The Morgan fingerprint density at radius 3 is 2.63 bits per heavy atom. The monoisotopic (exact) mass is 346 g/mol. The van der Waals surface area contributed by atoms with E-state index in [9.17, 15) is 4.79 Å². The van der Waals surface area contributed by atoms with Crippen molar-refractivity contribution >= 4 is 33.4 Å². The van der Waals surface area contributed by atoms with Crippen LogP contribution in [-0.4, -0.2) is 18.0 Å². The maximum absolute atomic E-state index is 11.6. The number of rotatable bonds is 5. The van der Waals surface area contributed by atoms with E-state index < -0.39 is 0 Å². The lowest BCUT2D eigenvalue weighted by atomic mass is 10.1. The third kappa shape index (κ3) is 6.95. The van der Waals surface area contributed by atoms with Gasteiger partial charge in [-0.15, -0.1) is 0 Å². The van der Waals surface area contributed by atoms with E-state index in [0.717, 1.165) is 10.0 Å². The van der Waals surface area contributed by atoms with Gasteiger partial charge in [0.1, 0.15) is 0 Å². The van der Waals surface area contributed by atoms with Crippen molar-refractivity contribution in [3.63, 3.8) is 0 Å². The van der Waals surface area contributed by atoms with Crippen molar-refractivity contribution in [2.24, 2.45) is 0 Å². The first-order chi connectivity index (χ1) is 8.78. The number of nitrogens with one attached hydrogen (secondary N) is 2. The summed E-state index contributed by atoms with van der Waals surface area (Å²) in [5.41, 5.74) is 0.955. The van der Waals surface area contributed by atoms with E-state index in [0.29, 0.717) is 24.5 Å². The van der Waals surface area contributed by atoms with Crippen LogP contribution >= 0.6 is 27.5 Å². The number of carbonyl (C=O) groups excluding carboxylic acids is 1. The average molecular weight is 348 g/mol. The summed E-state index contributed by atoms with van der Waals surface area (Å²) in [6, 6.07) is 5.69. The van der Waals surface area contributed by atoms with E-state index in [1.807, 2.05) is 39.0 Å². The molecule has 5 heteroatoms. The lowest BCUT2D eigenvalue weighted by molar-refractivity contribution is -0.122. The molecule has 0 spiro atoms. The summed E-state index contributed by atoms with van der Waals surface area (Å²) < 4.78 is 0.978. The van der Waals surface area contributed by atoms with Crippen LogP contribution in [0.4, 0.5) is 0 Å². The van der Waals surface area contributed by atoms with Crippen LogP contribution in [0, 0.1) is 0 Å². The number of hydrogen-bond acceptors (Lipinski definition) is 2. The van der Waals surface area contributed by atoms with Gasteiger partial charge in [0, 0.05) is 34.5 Å². The Bertz CT molecular complexity index is 444. The Hall–Kier alpha value is -0.580. The lowest BCUT2D eigenvalue weighted by Crippen LogP contribution is -2.41. The first kappa shape index (κ1) is 16.5. The van der Waals surface area contributed by atoms with Crippen LogP contribution in [0.25, 0.3) is 0 Å². The molecule has 0 aliphatic rings. The van der Waals surface area contributed by atoms with Crippen LogP contribution in [0.2, 0.25) is 5.02 Å². The molecule has 0 saturated heterocycles. The first-order valence-corrected chi connectivity index (χ1v) is 7.41. The molecule has 3 nitrogen and oxygen atoms in total. The zero-order valence-corrected chi connectivity index (χ0v) is 13.9. The summed E-state index contributed by atoms with van der Waals surface area (Å²) in [5.74, 6) is 0.0650. The zero-order chi connectivity index (χ0) is 14.5. The van der Waals surface area contributed by atoms with E-state index >= 15 is 0 Å². The highest BCUT2D eigenvalue weighted by Gasteiger charge is 2.12. The fourth-order valence-corrected chi connectivity index (χ4v) is 2.39. The highest BCUT2D eigenvalue weighted by molar-refractivity contribution is 9.10. The topological polar surface area (TPSA) is 41.1 Å². The predicted molar refractivity (Wildman–Crippen MR) is 83.4 cm³/mol. The minimum absolute atomic E-state index is 0.0650. The van der Waals surface area contributed by atoms with Crippen molar-refractivity contribution in [2.75, 3.05) is 6.54 Å². The molecule has 0 bridgehead atoms. The third-order valence-corrected chi connectivity index (χ3v) is 3.35. The van der Waals surface area contributed by atoms with Crippen LogP contribution in [0.1, 0.15) is 32.8 Å². The highest BCUT2D eigenvalue weighted by Crippen LogP contribution is 2.21. The fourth-order valence-electron chi connectivity index (χ4n) is 1.57. The zero-order valence-electron chi connectivity index (χ0n) is 11.5. The fraction of sp³-hybridized carbons (Fsp3) is 0.500. The van der Waals surface area contributed by atoms with Crippen LogP contribution in [-0.2, 0) is 11.3 Å². The number of hydrogen-bond donors (Lipinski definition) is 2. The second-order valence-corrected chi connectivity index (χ2v) is 6.75. The molecule has 0 heterocycles. The summed E-state index contributed by atoms with van der Waals surface area (Å²) in [6.45, 7) is 7.28. The largest absolute Gasteiger partial charge is 0.351 e. The van der Waals surface area contributed by atoms with Crippen LogP contribution in [0.3, 0.4) is 0 Å². The SMILES string of the molecule is CC(C)(C)NC(=O)CCNCc1ccc(Cl)cc1Br. The second kappa shape index (κ2) is 7.27. The second-order valence-electron chi connectivity index (χ2n) is 5.46. The third-order valence-electron chi connectivity index (χ3n) is 2.37. The highest BCUT2D eigenvalue weighted by atomic mass is 79.9. The van der Waals surface area contributed by atoms with Gasteiger partial charge in [0.15, 0.2) is 0 Å². The average Bonchev–Trinajstić information content (AvgIpc) is 2.24. The molecular weight excluding hydrogens is 328 g/mol. The van der Waals surface area contributed by atoms with E-state index in [4.69, 9.17) is 11.6 Å². The molecule has 19 heavy (non-hydrogen) atoms. The van der Waals surface area contributed by atoms with E-state index in [1.54, 1.807) is 0 Å². The minimum atomic E-state index is -0.170. The first-order valence-electron chi connectivity index (χ1n) is 6.23. The molecule has 1 amide bonds. The van der Waals surface area contributed by atoms with Crippen molar-refractivity contribution in [2.45, 2.75) is 39.3 Å². The molecule has 106 valence electrons. The van der Waals surface area contributed by atoms with Gasteiger partial charge in [0.05, 0.1) is 0 Å². The molecule has 0 unspecified atom stereocenters. The molecule has 0 aliphatic heterocycles. The van der Waals surface area contributed by atoms with Gasteiger partial charge in [-0.05, 0) is 38.5 Å². The quantitative estimate of drug-likeness (QED) is 0.801. The van der Waals surface area contributed by atoms with Crippen molar-refractivity contribution < 1.29 is 4.79 Å². The molecular formula is C14H20BrClN2O. The molecule has 1 aromatic rings. The van der Waals surface area contributed by atoms with E-state index in [2.05, 4.69) is 26.6 Å². The number of benzene rings is 1. The molecule has 0 saturated carbocycles. The van der Waals surface area contributed by atoms with Gasteiger partial charge >= 0.3 is 0 Å². The van der Waals surface area contributed by atoms with Gasteiger partial charge in [-0.2, -0.15) is 0 Å². The lowest BCUT2D eigenvalue weighted by Gasteiger charge is -2.20. The molecule has 1 aromatic carbocycles. The summed E-state index contributed by atoms with van der Waals surface area (Å²) in [7, 11) is 0. The van der Waals surface area contributed by atoms with Crippen molar-refractivity contribution in [1.82, 2.24) is 10.6 Å². The molecule has 0 aromatic heterocycles. The van der Waals surface area contributed by atoms with Gasteiger partial charge < -0.3 is 10.6 Å². The van der Waals surface area contributed by atoms with E-state index in [1.165, 1.54) is 0 Å². The van der Waals surface area contributed by atoms with Gasteiger partial charge in [-0.1, -0.05) is 33.6 Å². The van der Waals surface area contributed by atoms with Crippen molar-refractivity contribution in [3.8, 4) is 0 Å². The molecule has 0 fully saturated rings. The van der Waals surface area contributed by atoms with Crippen LogP contribution in [0.5, 0.6) is 0 Å². The molecule has 1 rings (SSSR count). The van der Waals surface area contributed by atoms with Gasteiger partial charge in [-0.25, -0.2) is 0 Å². The van der Waals surface area contributed by atoms with Crippen LogP contribution < -0.4 is 10.6 Å². The summed E-state index contributed by atoms with van der Waals surface area (Å²) in [4.78, 5) is 11.6. The molecule has 0 radical (unpaired) electrons. The Balaban J connectivity index is 2.29. The van der Waals surface area contributed by atoms with Gasteiger partial charge in [0.2, 0.25) is 5.91 Å². The van der Waals surface area contributed by atoms with Crippen molar-refractivity contribution in [1.29, 1.82) is 0 Å². The van der Waals surface area contributed by atoms with Crippen molar-refractivity contribution in [3.05, 3.63) is 33.3 Å². The van der Waals surface area contributed by atoms with E-state index in [-0.39, 0.29) is 11.4 Å². The summed E-state index contributed by atoms with van der Waals surface area (Å²) in [6.07, 6.45) is 0.475. The summed E-state index contributed by atoms with van der Waals surface area (Å²) >= 11 is 9.34. The molecule has 0 aliphatic carbocycles.